The van der Waals surface area contributed by atoms with Gasteiger partial charge in [-0.15, -0.1) is 0 Å². The van der Waals surface area contributed by atoms with Gasteiger partial charge in [0.05, 0.1) is 18.4 Å². The third-order valence-corrected chi connectivity index (χ3v) is 6.74. The van der Waals surface area contributed by atoms with E-state index in [1.807, 2.05) is 57.4 Å². The fourth-order valence-electron chi connectivity index (χ4n) is 4.59. The molecule has 2 aromatic heterocycles. The fourth-order valence-corrected chi connectivity index (χ4v) is 4.59. The minimum atomic E-state index is -1.02. The van der Waals surface area contributed by atoms with Gasteiger partial charge in [0.15, 0.2) is 11.6 Å². The van der Waals surface area contributed by atoms with Gasteiger partial charge in [-0.1, -0.05) is 35.9 Å². The van der Waals surface area contributed by atoms with Crippen molar-refractivity contribution in [3.63, 3.8) is 0 Å². The quantitative estimate of drug-likeness (QED) is 0.230. The molecule has 0 bridgehead atoms. The van der Waals surface area contributed by atoms with E-state index in [0.717, 1.165) is 46.4 Å². The molecule has 0 unspecified atom stereocenters. The number of hydrogen-bond acceptors (Lipinski definition) is 7. The number of carbonyl (C=O) groups is 1. The van der Waals surface area contributed by atoms with E-state index >= 15 is 0 Å². The van der Waals surface area contributed by atoms with Crippen LogP contribution in [0.5, 0.6) is 0 Å². The van der Waals surface area contributed by atoms with E-state index in [0.29, 0.717) is 11.5 Å². The molecule has 0 saturated carbocycles. The highest BCUT2D eigenvalue weighted by atomic mass is 19.2. The molecule has 0 aliphatic carbocycles. The number of rotatable bonds is 10. The smallest absolute Gasteiger partial charge is 0.266 e. The molecular weight excluding hydrogens is 564 g/mol. The lowest BCUT2D eigenvalue weighted by atomic mass is 10.1. The summed E-state index contributed by atoms with van der Waals surface area (Å²) in [6.45, 7) is 2.87. The van der Waals surface area contributed by atoms with Gasteiger partial charge in [0.1, 0.15) is 5.56 Å². The minimum absolute atomic E-state index is 0.0591. The van der Waals surface area contributed by atoms with Gasteiger partial charge >= 0.3 is 0 Å². The molecule has 2 heterocycles. The average molecular weight is 596 g/mol. The van der Waals surface area contributed by atoms with E-state index in [1.165, 1.54) is 28.7 Å². The zero-order valence-corrected chi connectivity index (χ0v) is 24.5. The highest BCUT2D eigenvalue weighted by Gasteiger charge is 2.14. The SMILES string of the molecule is CC(=Cc1ccc2nc(Nc3ccc(CN(C)C)cc3)ncc2c1)CNC(=O)c1cncn(Cc2ccc(F)c(F)c2)c1=O. The maximum Gasteiger partial charge on any atom is 0.266 e. The highest BCUT2D eigenvalue weighted by molar-refractivity contribution is 5.93. The Morgan fingerprint density at radius 2 is 1.75 bits per heavy atom. The van der Waals surface area contributed by atoms with Gasteiger partial charge in [0.2, 0.25) is 5.95 Å². The summed E-state index contributed by atoms with van der Waals surface area (Å²) >= 11 is 0. The van der Waals surface area contributed by atoms with Gasteiger partial charge in [0.25, 0.3) is 11.5 Å². The molecule has 0 aliphatic heterocycles. The van der Waals surface area contributed by atoms with E-state index in [9.17, 15) is 18.4 Å². The predicted molar refractivity (Wildman–Crippen MR) is 167 cm³/mol. The van der Waals surface area contributed by atoms with Gasteiger partial charge in [-0.25, -0.2) is 23.7 Å². The Labute approximate surface area is 252 Å². The molecule has 1 amide bonds. The van der Waals surface area contributed by atoms with Crippen molar-refractivity contribution in [2.45, 2.75) is 20.0 Å². The van der Waals surface area contributed by atoms with Crippen LogP contribution in [0.2, 0.25) is 0 Å². The van der Waals surface area contributed by atoms with Crippen LogP contribution in [0.1, 0.15) is 34.0 Å². The number of nitrogens with one attached hydrogen (secondary N) is 2. The summed E-state index contributed by atoms with van der Waals surface area (Å²) in [6.07, 6.45) is 6.11. The first kappa shape index (κ1) is 30.2. The van der Waals surface area contributed by atoms with Crippen molar-refractivity contribution in [2.75, 3.05) is 26.0 Å². The van der Waals surface area contributed by atoms with E-state index in [2.05, 4.69) is 42.6 Å². The summed E-state index contributed by atoms with van der Waals surface area (Å²) < 4.78 is 28.0. The van der Waals surface area contributed by atoms with Crippen LogP contribution in [0.25, 0.3) is 17.0 Å². The summed E-state index contributed by atoms with van der Waals surface area (Å²) in [5.41, 5.74) is 4.27. The summed E-state index contributed by atoms with van der Waals surface area (Å²) in [5.74, 6) is -2.08. The zero-order chi connectivity index (χ0) is 31.2. The maximum atomic E-state index is 13.6. The molecule has 9 nitrogen and oxygen atoms in total. The molecule has 5 aromatic rings. The third-order valence-electron chi connectivity index (χ3n) is 6.74. The molecule has 5 rings (SSSR count). The Kier molecular flexibility index (Phi) is 9.15. The van der Waals surface area contributed by atoms with Crippen LogP contribution in [-0.4, -0.2) is 51.0 Å². The molecule has 0 atom stereocenters. The number of amides is 1. The van der Waals surface area contributed by atoms with E-state index in [1.54, 1.807) is 6.20 Å². The van der Waals surface area contributed by atoms with Crippen LogP contribution in [0.15, 0.2) is 89.8 Å². The molecule has 44 heavy (non-hydrogen) atoms. The van der Waals surface area contributed by atoms with Crippen LogP contribution in [-0.2, 0) is 13.1 Å². The van der Waals surface area contributed by atoms with Gasteiger partial charge < -0.3 is 15.5 Å². The van der Waals surface area contributed by atoms with Crippen LogP contribution in [0.3, 0.4) is 0 Å². The molecule has 0 saturated heterocycles. The third kappa shape index (κ3) is 7.56. The Hall–Kier alpha value is -5.29. The van der Waals surface area contributed by atoms with E-state index in [-0.39, 0.29) is 18.7 Å². The van der Waals surface area contributed by atoms with Gasteiger partial charge in [0, 0.05) is 36.6 Å². The van der Waals surface area contributed by atoms with Crippen molar-refractivity contribution >= 4 is 34.5 Å². The van der Waals surface area contributed by atoms with Crippen molar-refractivity contribution in [1.82, 2.24) is 29.7 Å². The van der Waals surface area contributed by atoms with Crippen LogP contribution >= 0.6 is 0 Å². The summed E-state index contributed by atoms with van der Waals surface area (Å²) in [6, 6.07) is 17.3. The Morgan fingerprint density at radius 3 is 2.50 bits per heavy atom. The summed E-state index contributed by atoms with van der Waals surface area (Å²) in [5, 5.41) is 6.85. The van der Waals surface area contributed by atoms with Gasteiger partial charge in [-0.05, 0) is 74.1 Å². The highest BCUT2D eigenvalue weighted by Crippen LogP contribution is 2.20. The first-order valence-corrected chi connectivity index (χ1v) is 13.9. The number of anilines is 2. The first-order valence-electron chi connectivity index (χ1n) is 13.9. The molecule has 3 aromatic carbocycles. The molecule has 0 fully saturated rings. The molecular formula is C33H31F2N7O2. The molecule has 11 heteroatoms. The molecule has 0 radical (unpaired) electrons. The number of carbonyl (C=O) groups excluding carboxylic acids is 1. The van der Waals surface area contributed by atoms with Crippen LogP contribution in [0, 0.1) is 11.6 Å². The molecule has 0 spiro atoms. The maximum absolute atomic E-state index is 13.6. The first-order chi connectivity index (χ1) is 21.1. The minimum Gasteiger partial charge on any atom is -0.348 e. The summed E-state index contributed by atoms with van der Waals surface area (Å²) in [7, 11) is 4.06. The monoisotopic (exact) mass is 595 g/mol. The second-order valence-corrected chi connectivity index (χ2v) is 10.7. The summed E-state index contributed by atoms with van der Waals surface area (Å²) in [4.78, 5) is 40.8. The second-order valence-electron chi connectivity index (χ2n) is 10.7. The van der Waals surface area contributed by atoms with Crippen molar-refractivity contribution in [1.29, 1.82) is 0 Å². The lowest BCUT2D eigenvalue weighted by Crippen LogP contribution is -2.34. The number of fused-ring (bicyclic) bond motifs is 1. The van der Waals surface area contributed by atoms with Crippen molar-refractivity contribution in [3.8, 4) is 0 Å². The predicted octanol–water partition coefficient (Wildman–Crippen LogP) is 5.15. The largest absolute Gasteiger partial charge is 0.348 e. The standard InChI is InChI=1S/C33H31F2N7O2/c1-21(15-37-31(43)27-17-36-20-42(32(27)44)19-24-6-10-28(34)29(35)14-24)12-23-7-11-30-25(13-23)16-38-33(40-30)39-26-8-4-22(5-9-26)18-41(2)3/h4-14,16-17,20H,15,18-19H2,1-3H3,(H,37,43)(H,38,39,40). The molecule has 0 aliphatic rings. The Morgan fingerprint density at radius 1 is 0.977 bits per heavy atom. The van der Waals surface area contributed by atoms with Crippen molar-refractivity contribution < 1.29 is 13.6 Å². The van der Waals surface area contributed by atoms with Gasteiger partial charge in [-0.3, -0.25) is 14.2 Å². The Balaban J connectivity index is 1.21. The molecule has 2 N–H and O–H groups in total. The van der Waals surface area contributed by atoms with Crippen LogP contribution in [0.4, 0.5) is 20.4 Å². The number of aromatic nitrogens is 4. The topological polar surface area (TPSA) is 105 Å². The zero-order valence-electron chi connectivity index (χ0n) is 24.5. The lowest BCUT2D eigenvalue weighted by Gasteiger charge is -2.11. The number of benzene rings is 3. The lowest BCUT2D eigenvalue weighted by molar-refractivity contribution is 0.0954. The second kappa shape index (κ2) is 13.3. The van der Waals surface area contributed by atoms with Crippen LogP contribution < -0.4 is 16.2 Å². The van der Waals surface area contributed by atoms with Crippen molar-refractivity contribution in [2.24, 2.45) is 0 Å². The molecule has 224 valence electrons. The van der Waals surface area contributed by atoms with E-state index < -0.39 is 23.1 Å². The Bertz CT molecular complexity index is 1900. The average Bonchev–Trinajstić information content (AvgIpc) is 2.99. The number of hydrogen-bond donors (Lipinski definition) is 2. The van der Waals surface area contributed by atoms with E-state index in [4.69, 9.17) is 0 Å². The normalized spacial score (nSPS) is 11.6. The van der Waals surface area contributed by atoms with Gasteiger partial charge in [-0.2, -0.15) is 0 Å². The number of nitrogens with zero attached hydrogens (tertiary/aromatic N) is 5. The number of halogens is 2. The fraction of sp³-hybridized carbons (Fsp3) is 0.182. The van der Waals surface area contributed by atoms with Crippen molar-refractivity contribution in [3.05, 3.63) is 129 Å².